The fourth-order valence-corrected chi connectivity index (χ4v) is 3.06. The normalized spacial score (nSPS) is 13.9. The predicted octanol–water partition coefficient (Wildman–Crippen LogP) is 2.49. The molecule has 0 bridgehead atoms. The molecule has 3 rings (SSSR count). The Balaban J connectivity index is 1.64. The van der Waals surface area contributed by atoms with Crippen LogP contribution in [0.1, 0.15) is 35.2 Å². The molecule has 1 aliphatic heterocycles. The number of nitrogens with two attached hydrogens (primary N) is 1. The summed E-state index contributed by atoms with van der Waals surface area (Å²) in [5, 5.41) is 5.44. The van der Waals surface area contributed by atoms with Crippen molar-refractivity contribution in [3.63, 3.8) is 0 Å². The Labute approximate surface area is 152 Å². The van der Waals surface area contributed by atoms with E-state index in [4.69, 9.17) is 5.73 Å². The third kappa shape index (κ3) is 4.50. The van der Waals surface area contributed by atoms with Crippen LogP contribution in [0.4, 0.5) is 16.3 Å². The monoisotopic (exact) mass is 353 g/mol. The van der Waals surface area contributed by atoms with E-state index < -0.39 is 6.03 Å². The number of anilines is 2. The van der Waals surface area contributed by atoms with E-state index in [0.29, 0.717) is 17.8 Å². The Kier molecular flexibility index (Phi) is 5.68. The van der Waals surface area contributed by atoms with Gasteiger partial charge in [0.2, 0.25) is 0 Å². The molecular weight excluding hydrogens is 330 g/mol. The van der Waals surface area contributed by atoms with Crippen molar-refractivity contribution in [3.8, 4) is 0 Å². The molecular formula is C19H23N5O2. The molecule has 1 aliphatic rings. The standard InChI is InChI=1S/C19H23N5O2/c20-19(26)23-15-8-6-14(7-9-15)13-22-18(25)16-5-4-10-21-17(16)24-11-2-1-3-12-24/h4-10H,1-3,11-13H2,(H,22,25)(H3,20,23,26). The van der Waals surface area contributed by atoms with Crippen LogP contribution < -0.4 is 21.3 Å². The lowest BCUT2D eigenvalue weighted by Crippen LogP contribution is -2.33. The Morgan fingerprint density at radius 3 is 2.50 bits per heavy atom. The van der Waals surface area contributed by atoms with E-state index in [1.54, 1.807) is 24.4 Å². The molecule has 1 saturated heterocycles. The third-order valence-corrected chi connectivity index (χ3v) is 4.36. The number of nitrogens with one attached hydrogen (secondary N) is 2. The van der Waals surface area contributed by atoms with Gasteiger partial charge in [-0.15, -0.1) is 0 Å². The van der Waals surface area contributed by atoms with Crippen molar-refractivity contribution >= 4 is 23.4 Å². The van der Waals surface area contributed by atoms with Gasteiger partial charge in [0, 0.05) is 31.5 Å². The van der Waals surface area contributed by atoms with Gasteiger partial charge in [-0.2, -0.15) is 0 Å². The van der Waals surface area contributed by atoms with Gasteiger partial charge in [-0.05, 0) is 49.1 Å². The zero-order valence-corrected chi connectivity index (χ0v) is 14.6. The number of amides is 3. The number of benzene rings is 1. The molecule has 1 aromatic carbocycles. The molecule has 26 heavy (non-hydrogen) atoms. The van der Waals surface area contributed by atoms with Crippen molar-refractivity contribution in [1.82, 2.24) is 10.3 Å². The molecule has 2 aromatic rings. The Hall–Kier alpha value is -3.09. The number of piperidine rings is 1. The molecule has 0 radical (unpaired) electrons. The first-order valence-corrected chi connectivity index (χ1v) is 8.77. The largest absolute Gasteiger partial charge is 0.356 e. The Morgan fingerprint density at radius 2 is 1.81 bits per heavy atom. The van der Waals surface area contributed by atoms with Crippen LogP contribution in [-0.4, -0.2) is 30.0 Å². The van der Waals surface area contributed by atoms with Gasteiger partial charge in [0.05, 0.1) is 5.56 Å². The number of primary amides is 1. The average Bonchev–Trinajstić information content (AvgIpc) is 2.67. The van der Waals surface area contributed by atoms with Crippen LogP contribution in [0.2, 0.25) is 0 Å². The van der Waals surface area contributed by atoms with Gasteiger partial charge in [0.1, 0.15) is 5.82 Å². The van der Waals surface area contributed by atoms with Gasteiger partial charge in [0.25, 0.3) is 5.91 Å². The average molecular weight is 353 g/mol. The summed E-state index contributed by atoms with van der Waals surface area (Å²) < 4.78 is 0. The molecule has 0 aliphatic carbocycles. The Bertz CT molecular complexity index is 770. The molecule has 136 valence electrons. The quantitative estimate of drug-likeness (QED) is 0.769. The number of hydrogen-bond donors (Lipinski definition) is 3. The van der Waals surface area contributed by atoms with Crippen LogP contribution in [0.15, 0.2) is 42.6 Å². The van der Waals surface area contributed by atoms with Crippen molar-refractivity contribution in [3.05, 3.63) is 53.7 Å². The molecule has 0 unspecified atom stereocenters. The molecule has 0 spiro atoms. The molecule has 0 atom stereocenters. The second-order valence-electron chi connectivity index (χ2n) is 6.29. The van der Waals surface area contributed by atoms with Crippen molar-refractivity contribution in [2.75, 3.05) is 23.3 Å². The smallest absolute Gasteiger partial charge is 0.316 e. The zero-order valence-electron chi connectivity index (χ0n) is 14.6. The number of hydrogen-bond acceptors (Lipinski definition) is 4. The van der Waals surface area contributed by atoms with Crippen LogP contribution in [0.3, 0.4) is 0 Å². The molecule has 7 nitrogen and oxygen atoms in total. The summed E-state index contributed by atoms with van der Waals surface area (Å²) in [6, 6.07) is 10.2. The summed E-state index contributed by atoms with van der Waals surface area (Å²) in [7, 11) is 0. The SMILES string of the molecule is NC(=O)Nc1ccc(CNC(=O)c2cccnc2N2CCCCC2)cc1. The second-order valence-corrected chi connectivity index (χ2v) is 6.29. The van der Waals surface area contributed by atoms with Gasteiger partial charge < -0.3 is 21.3 Å². The topological polar surface area (TPSA) is 100 Å². The summed E-state index contributed by atoms with van der Waals surface area (Å²) in [5.74, 6) is 0.615. The van der Waals surface area contributed by atoms with E-state index in [1.807, 2.05) is 18.2 Å². The van der Waals surface area contributed by atoms with Crippen LogP contribution in [0, 0.1) is 0 Å². The molecule has 1 fully saturated rings. The zero-order chi connectivity index (χ0) is 18.4. The van der Waals surface area contributed by atoms with Crippen molar-refractivity contribution in [1.29, 1.82) is 0 Å². The van der Waals surface area contributed by atoms with E-state index in [9.17, 15) is 9.59 Å². The minimum atomic E-state index is -0.604. The lowest BCUT2D eigenvalue weighted by molar-refractivity contribution is 0.0951. The van der Waals surface area contributed by atoms with Gasteiger partial charge in [-0.1, -0.05) is 12.1 Å². The first kappa shape index (κ1) is 17.7. The summed E-state index contributed by atoms with van der Waals surface area (Å²) in [5.41, 5.74) is 7.23. The summed E-state index contributed by atoms with van der Waals surface area (Å²) in [4.78, 5) is 30.1. The van der Waals surface area contributed by atoms with E-state index in [-0.39, 0.29) is 5.91 Å². The van der Waals surface area contributed by atoms with E-state index in [2.05, 4.69) is 20.5 Å². The molecule has 7 heteroatoms. The van der Waals surface area contributed by atoms with Gasteiger partial charge >= 0.3 is 6.03 Å². The first-order valence-electron chi connectivity index (χ1n) is 8.77. The van der Waals surface area contributed by atoms with Gasteiger partial charge in [-0.3, -0.25) is 4.79 Å². The van der Waals surface area contributed by atoms with Crippen LogP contribution >= 0.6 is 0 Å². The number of rotatable bonds is 5. The highest BCUT2D eigenvalue weighted by Gasteiger charge is 2.19. The van der Waals surface area contributed by atoms with Crippen molar-refractivity contribution in [2.45, 2.75) is 25.8 Å². The number of carbonyl (C=O) groups excluding carboxylic acids is 2. The highest BCUT2D eigenvalue weighted by Crippen LogP contribution is 2.21. The van der Waals surface area contributed by atoms with Crippen molar-refractivity contribution in [2.24, 2.45) is 5.73 Å². The number of nitrogens with zero attached hydrogens (tertiary/aromatic N) is 2. The van der Waals surface area contributed by atoms with E-state index in [1.165, 1.54) is 6.42 Å². The van der Waals surface area contributed by atoms with Crippen molar-refractivity contribution < 1.29 is 9.59 Å². The third-order valence-electron chi connectivity index (χ3n) is 4.36. The van der Waals surface area contributed by atoms with E-state index >= 15 is 0 Å². The lowest BCUT2D eigenvalue weighted by atomic mass is 10.1. The maximum absolute atomic E-state index is 12.6. The second kappa shape index (κ2) is 8.33. The molecule has 0 saturated carbocycles. The minimum absolute atomic E-state index is 0.141. The van der Waals surface area contributed by atoms with Crippen LogP contribution in [-0.2, 0) is 6.54 Å². The lowest BCUT2D eigenvalue weighted by Gasteiger charge is -2.29. The summed E-state index contributed by atoms with van der Waals surface area (Å²) >= 11 is 0. The number of pyridine rings is 1. The first-order chi connectivity index (χ1) is 12.6. The highest BCUT2D eigenvalue weighted by atomic mass is 16.2. The maximum Gasteiger partial charge on any atom is 0.316 e. The maximum atomic E-state index is 12.6. The fraction of sp³-hybridized carbons (Fsp3) is 0.316. The van der Waals surface area contributed by atoms with Crippen LogP contribution in [0.25, 0.3) is 0 Å². The number of urea groups is 1. The van der Waals surface area contributed by atoms with Gasteiger partial charge in [-0.25, -0.2) is 9.78 Å². The Morgan fingerprint density at radius 1 is 1.08 bits per heavy atom. The highest BCUT2D eigenvalue weighted by molar-refractivity contribution is 5.98. The summed E-state index contributed by atoms with van der Waals surface area (Å²) in [6.45, 7) is 2.27. The molecule has 4 N–H and O–H groups in total. The van der Waals surface area contributed by atoms with E-state index in [0.717, 1.165) is 37.3 Å². The van der Waals surface area contributed by atoms with Crippen LogP contribution in [0.5, 0.6) is 0 Å². The number of carbonyl (C=O) groups is 2. The molecule has 3 amide bonds. The minimum Gasteiger partial charge on any atom is -0.356 e. The number of aromatic nitrogens is 1. The molecule has 1 aromatic heterocycles. The molecule has 2 heterocycles. The summed E-state index contributed by atoms with van der Waals surface area (Å²) in [6.07, 6.45) is 5.21. The van der Waals surface area contributed by atoms with Gasteiger partial charge in [0.15, 0.2) is 0 Å². The predicted molar refractivity (Wildman–Crippen MR) is 101 cm³/mol. The fourth-order valence-electron chi connectivity index (χ4n) is 3.06.